The summed E-state index contributed by atoms with van der Waals surface area (Å²) in [7, 11) is 0. The summed E-state index contributed by atoms with van der Waals surface area (Å²) in [5, 5.41) is 4.09. The van der Waals surface area contributed by atoms with Crippen molar-refractivity contribution in [1.82, 2.24) is 0 Å². The molecule has 0 bridgehead atoms. The molecule has 0 unspecified atom stereocenters. The van der Waals surface area contributed by atoms with Gasteiger partial charge in [-0.15, -0.1) is 0 Å². The first-order valence-corrected chi connectivity index (χ1v) is 7.80. The largest absolute Gasteiger partial charge is 0.449 e. The van der Waals surface area contributed by atoms with Crippen molar-refractivity contribution in [2.75, 3.05) is 5.32 Å². The van der Waals surface area contributed by atoms with Crippen LogP contribution in [0, 0.1) is 0 Å². The van der Waals surface area contributed by atoms with Crippen LogP contribution < -0.4 is 14.8 Å². The van der Waals surface area contributed by atoms with Crippen LogP contribution in [-0.4, -0.2) is 5.79 Å². The van der Waals surface area contributed by atoms with Crippen LogP contribution in [0.2, 0.25) is 5.02 Å². The lowest BCUT2D eigenvalue weighted by molar-refractivity contribution is -0.0431. The maximum atomic E-state index is 5.94. The van der Waals surface area contributed by atoms with Crippen LogP contribution in [0.15, 0.2) is 40.9 Å². The van der Waals surface area contributed by atoms with Crippen molar-refractivity contribution in [3.05, 3.63) is 51.5 Å². The molecule has 0 aromatic heterocycles. The first-order valence-electron chi connectivity index (χ1n) is 6.63. The molecule has 110 valence electrons. The Morgan fingerprint density at radius 2 is 1.86 bits per heavy atom. The molecule has 0 saturated heterocycles. The number of rotatable bonds is 3. The Bertz CT molecular complexity index is 688. The number of nitrogens with one attached hydrogen (secondary N) is 1. The predicted octanol–water partition coefficient (Wildman–Crippen LogP) is 5.22. The van der Waals surface area contributed by atoms with Crippen molar-refractivity contribution < 1.29 is 9.47 Å². The van der Waals surface area contributed by atoms with Crippen LogP contribution in [0.4, 0.5) is 5.69 Å². The van der Waals surface area contributed by atoms with E-state index in [0.717, 1.165) is 32.2 Å². The van der Waals surface area contributed by atoms with Gasteiger partial charge in [0, 0.05) is 41.6 Å². The summed E-state index contributed by atoms with van der Waals surface area (Å²) in [4.78, 5) is 0. The molecule has 0 aliphatic carbocycles. The van der Waals surface area contributed by atoms with Gasteiger partial charge in [0.25, 0.3) is 0 Å². The lowest BCUT2D eigenvalue weighted by atomic mass is 10.2. The molecule has 3 rings (SSSR count). The fraction of sp³-hybridized carbons (Fsp3) is 0.250. The Morgan fingerprint density at radius 1 is 1.10 bits per heavy atom. The maximum Gasteiger partial charge on any atom is 0.246 e. The highest BCUT2D eigenvalue weighted by Gasteiger charge is 2.31. The van der Waals surface area contributed by atoms with Crippen LogP contribution in [0.3, 0.4) is 0 Å². The molecule has 1 aliphatic rings. The zero-order valence-corrected chi connectivity index (χ0v) is 14.1. The van der Waals surface area contributed by atoms with Gasteiger partial charge in [-0.3, -0.25) is 0 Å². The number of ether oxygens (including phenoxy) is 2. The van der Waals surface area contributed by atoms with E-state index in [1.807, 2.05) is 50.2 Å². The summed E-state index contributed by atoms with van der Waals surface area (Å²) in [5.74, 6) is 0.943. The number of hydrogen-bond acceptors (Lipinski definition) is 3. The average Bonchev–Trinajstić information content (AvgIpc) is 2.70. The van der Waals surface area contributed by atoms with Gasteiger partial charge in [-0.2, -0.15) is 0 Å². The van der Waals surface area contributed by atoms with E-state index in [-0.39, 0.29) is 0 Å². The van der Waals surface area contributed by atoms with E-state index in [1.54, 1.807) is 0 Å². The number of hydrogen-bond donors (Lipinski definition) is 1. The van der Waals surface area contributed by atoms with Crippen molar-refractivity contribution in [1.29, 1.82) is 0 Å². The summed E-state index contributed by atoms with van der Waals surface area (Å²) in [6.07, 6.45) is 0. The molecule has 5 heteroatoms. The van der Waals surface area contributed by atoms with E-state index >= 15 is 0 Å². The zero-order valence-electron chi connectivity index (χ0n) is 11.7. The van der Waals surface area contributed by atoms with E-state index in [9.17, 15) is 0 Å². The lowest BCUT2D eigenvalue weighted by Gasteiger charge is -2.16. The molecule has 21 heavy (non-hydrogen) atoms. The van der Waals surface area contributed by atoms with Gasteiger partial charge in [0.2, 0.25) is 5.79 Å². The van der Waals surface area contributed by atoms with E-state index < -0.39 is 5.79 Å². The molecule has 3 nitrogen and oxygen atoms in total. The molecule has 0 radical (unpaired) electrons. The second-order valence-electron chi connectivity index (χ2n) is 5.35. The van der Waals surface area contributed by atoms with Crippen molar-refractivity contribution in [2.24, 2.45) is 0 Å². The van der Waals surface area contributed by atoms with Crippen LogP contribution in [0.1, 0.15) is 19.4 Å². The number of halogens is 2. The fourth-order valence-corrected chi connectivity index (χ4v) is 3.02. The van der Waals surface area contributed by atoms with Crippen molar-refractivity contribution in [3.63, 3.8) is 0 Å². The Morgan fingerprint density at radius 3 is 2.62 bits per heavy atom. The Hall–Kier alpha value is -1.39. The van der Waals surface area contributed by atoms with Gasteiger partial charge in [0.15, 0.2) is 11.5 Å². The molecule has 2 aromatic rings. The molecule has 2 aromatic carbocycles. The standard InChI is InChI=1S/C16H15BrClNO2/c1-16(2)20-14-6-5-12(8-15(14)21-16)19-9-10-3-4-11(18)7-13(10)17/h3-8,19H,9H2,1-2H3. The van der Waals surface area contributed by atoms with Gasteiger partial charge in [0.1, 0.15) is 0 Å². The predicted molar refractivity (Wildman–Crippen MR) is 88.3 cm³/mol. The summed E-state index contributed by atoms with van der Waals surface area (Å²) in [6.45, 7) is 4.48. The summed E-state index contributed by atoms with van der Waals surface area (Å²) < 4.78 is 12.4. The van der Waals surface area contributed by atoms with Crippen LogP contribution in [-0.2, 0) is 6.54 Å². The van der Waals surface area contributed by atoms with E-state index in [0.29, 0.717) is 6.54 Å². The third-order valence-electron chi connectivity index (χ3n) is 3.15. The SMILES string of the molecule is CC1(C)Oc2ccc(NCc3ccc(Cl)cc3Br)cc2O1. The molecule has 1 heterocycles. The molecular formula is C16H15BrClNO2. The first-order chi connectivity index (χ1) is 9.93. The summed E-state index contributed by atoms with van der Waals surface area (Å²) in [5.41, 5.74) is 2.12. The summed E-state index contributed by atoms with van der Waals surface area (Å²) in [6, 6.07) is 11.6. The minimum Gasteiger partial charge on any atom is -0.449 e. The van der Waals surface area contributed by atoms with Crippen LogP contribution in [0.5, 0.6) is 11.5 Å². The highest BCUT2D eigenvalue weighted by Crippen LogP contribution is 2.40. The maximum absolute atomic E-state index is 5.94. The van der Waals surface area contributed by atoms with Gasteiger partial charge < -0.3 is 14.8 Å². The minimum atomic E-state index is -0.597. The highest BCUT2D eigenvalue weighted by molar-refractivity contribution is 9.10. The smallest absolute Gasteiger partial charge is 0.246 e. The van der Waals surface area contributed by atoms with Crippen molar-refractivity contribution >= 4 is 33.2 Å². The zero-order chi connectivity index (χ0) is 15.0. The van der Waals surface area contributed by atoms with Crippen LogP contribution >= 0.6 is 27.5 Å². The van der Waals surface area contributed by atoms with Crippen molar-refractivity contribution in [3.8, 4) is 11.5 Å². The van der Waals surface area contributed by atoms with E-state index in [1.165, 1.54) is 0 Å². The molecule has 0 fully saturated rings. The molecule has 0 atom stereocenters. The van der Waals surface area contributed by atoms with Gasteiger partial charge in [-0.25, -0.2) is 0 Å². The Balaban J connectivity index is 1.72. The molecule has 0 saturated carbocycles. The monoisotopic (exact) mass is 367 g/mol. The third-order valence-corrected chi connectivity index (χ3v) is 4.13. The average molecular weight is 369 g/mol. The summed E-state index contributed by atoms with van der Waals surface area (Å²) >= 11 is 9.46. The normalized spacial score (nSPS) is 15.0. The number of benzene rings is 2. The van der Waals surface area contributed by atoms with Gasteiger partial charge in [-0.1, -0.05) is 33.6 Å². The number of anilines is 1. The van der Waals surface area contributed by atoms with Crippen LogP contribution in [0.25, 0.3) is 0 Å². The van der Waals surface area contributed by atoms with Gasteiger partial charge >= 0.3 is 0 Å². The first kappa shape index (κ1) is 14.5. The Labute approximate surface area is 137 Å². The molecule has 1 aliphatic heterocycles. The Kier molecular flexibility index (Phi) is 3.76. The second-order valence-corrected chi connectivity index (χ2v) is 6.65. The highest BCUT2D eigenvalue weighted by atomic mass is 79.9. The third kappa shape index (κ3) is 3.27. The van der Waals surface area contributed by atoms with E-state index in [2.05, 4.69) is 21.2 Å². The molecule has 0 amide bonds. The topological polar surface area (TPSA) is 30.5 Å². The van der Waals surface area contributed by atoms with Gasteiger partial charge in [-0.05, 0) is 29.8 Å². The van der Waals surface area contributed by atoms with Gasteiger partial charge in [0.05, 0.1) is 0 Å². The molecule has 1 N–H and O–H groups in total. The van der Waals surface area contributed by atoms with Crippen molar-refractivity contribution in [2.45, 2.75) is 26.2 Å². The molecular weight excluding hydrogens is 354 g/mol. The molecule has 0 spiro atoms. The lowest BCUT2D eigenvalue weighted by Crippen LogP contribution is -2.29. The number of fused-ring (bicyclic) bond motifs is 1. The quantitative estimate of drug-likeness (QED) is 0.805. The minimum absolute atomic E-state index is 0.597. The van der Waals surface area contributed by atoms with E-state index in [4.69, 9.17) is 21.1 Å². The second kappa shape index (κ2) is 5.43. The fourth-order valence-electron chi connectivity index (χ4n) is 2.19.